The van der Waals surface area contributed by atoms with Crippen molar-refractivity contribution in [2.45, 2.75) is 50.6 Å². The third-order valence-electron chi connectivity index (χ3n) is 6.21. The Balaban J connectivity index is 2.00. The van der Waals surface area contributed by atoms with Crippen molar-refractivity contribution in [1.82, 2.24) is 10.2 Å². The molecule has 1 unspecified atom stereocenters. The Labute approximate surface area is 234 Å². The maximum Gasteiger partial charge on any atom is 0.264 e. The number of halogens is 2. The molecule has 7 nitrogen and oxygen atoms in total. The number of nitrogens with zero attached hydrogens (tertiary/aromatic N) is 2. The highest BCUT2D eigenvalue weighted by molar-refractivity contribution is 7.92. The summed E-state index contributed by atoms with van der Waals surface area (Å²) in [5, 5.41) is 3.25. The molecular formula is C29H33ClFN3O4S. The van der Waals surface area contributed by atoms with Crippen molar-refractivity contribution >= 4 is 39.1 Å². The van der Waals surface area contributed by atoms with Gasteiger partial charge < -0.3 is 10.2 Å². The number of hydrogen-bond donors (Lipinski definition) is 1. The number of unbranched alkanes of at least 4 members (excludes halogenated alkanes) is 1. The Kier molecular flexibility index (Phi) is 10.9. The molecule has 0 aliphatic carbocycles. The summed E-state index contributed by atoms with van der Waals surface area (Å²) < 4.78 is 42.1. The van der Waals surface area contributed by atoms with Gasteiger partial charge in [-0.2, -0.15) is 0 Å². The van der Waals surface area contributed by atoms with Crippen molar-refractivity contribution in [2.75, 3.05) is 17.4 Å². The molecule has 10 heteroatoms. The van der Waals surface area contributed by atoms with Gasteiger partial charge in [0, 0.05) is 18.1 Å². The largest absolute Gasteiger partial charge is 0.354 e. The van der Waals surface area contributed by atoms with E-state index >= 15 is 0 Å². The first-order valence-electron chi connectivity index (χ1n) is 12.8. The zero-order valence-electron chi connectivity index (χ0n) is 22.0. The summed E-state index contributed by atoms with van der Waals surface area (Å²) in [5.41, 5.74) is 0.902. The van der Waals surface area contributed by atoms with E-state index in [-0.39, 0.29) is 17.3 Å². The van der Waals surface area contributed by atoms with E-state index in [1.165, 1.54) is 53.4 Å². The number of hydrogen-bond acceptors (Lipinski definition) is 4. The highest BCUT2D eigenvalue weighted by atomic mass is 35.5. The quantitative estimate of drug-likeness (QED) is 0.277. The normalized spacial score (nSPS) is 12.0. The second-order valence-electron chi connectivity index (χ2n) is 9.02. The Hall–Kier alpha value is -3.43. The molecule has 3 rings (SSSR count). The van der Waals surface area contributed by atoms with Crippen molar-refractivity contribution in [3.8, 4) is 0 Å². The third-order valence-corrected chi connectivity index (χ3v) is 8.25. The summed E-state index contributed by atoms with van der Waals surface area (Å²) in [6, 6.07) is 18.8. The van der Waals surface area contributed by atoms with Crippen LogP contribution in [-0.4, -0.2) is 44.3 Å². The molecule has 208 valence electrons. The van der Waals surface area contributed by atoms with Crippen LogP contribution in [0, 0.1) is 5.82 Å². The number of para-hydroxylation sites is 1. The molecule has 1 N–H and O–H groups in total. The van der Waals surface area contributed by atoms with E-state index < -0.39 is 34.3 Å². The predicted octanol–water partition coefficient (Wildman–Crippen LogP) is 5.40. The topological polar surface area (TPSA) is 86.8 Å². The van der Waals surface area contributed by atoms with Gasteiger partial charge in [0.1, 0.15) is 18.4 Å². The maximum absolute atomic E-state index is 13.9. The molecule has 0 bridgehead atoms. The van der Waals surface area contributed by atoms with Gasteiger partial charge in [-0.1, -0.05) is 62.2 Å². The average Bonchev–Trinajstić information content (AvgIpc) is 2.93. The number of carbonyl (C=O) groups is 2. The molecule has 3 aromatic rings. The molecular weight excluding hydrogens is 541 g/mol. The highest BCUT2D eigenvalue weighted by Crippen LogP contribution is 2.25. The molecule has 0 aliphatic rings. The number of carbonyl (C=O) groups excluding carboxylic acids is 2. The summed E-state index contributed by atoms with van der Waals surface area (Å²) in [6.45, 7) is 3.71. The number of anilines is 1. The molecule has 1 atom stereocenters. The molecule has 0 heterocycles. The third kappa shape index (κ3) is 8.03. The Morgan fingerprint density at radius 1 is 0.949 bits per heavy atom. The predicted molar refractivity (Wildman–Crippen MR) is 151 cm³/mol. The molecule has 0 aromatic heterocycles. The summed E-state index contributed by atoms with van der Waals surface area (Å²) >= 11 is 5.97. The molecule has 2 amide bonds. The fourth-order valence-electron chi connectivity index (χ4n) is 4.07. The lowest BCUT2D eigenvalue weighted by Crippen LogP contribution is -2.52. The van der Waals surface area contributed by atoms with Crippen LogP contribution >= 0.6 is 11.6 Å². The minimum absolute atomic E-state index is 0.00242. The summed E-state index contributed by atoms with van der Waals surface area (Å²) in [7, 11) is -4.17. The van der Waals surface area contributed by atoms with Crippen molar-refractivity contribution in [1.29, 1.82) is 0 Å². The molecule has 0 radical (unpaired) electrons. The Morgan fingerprint density at radius 2 is 1.59 bits per heavy atom. The van der Waals surface area contributed by atoms with Gasteiger partial charge in [-0.05, 0) is 66.9 Å². The molecule has 0 saturated carbocycles. The zero-order chi connectivity index (χ0) is 28.4. The van der Waals surface area contributed by atoms with Crippen LogP contribution in [0.2, 0.25) is 5.02 Å². The van der Waals surface area contributed by atoms with Crippen LogP contribution in [0.25, 0.3) is 0 Å². The smallest absolute Gasteiger partial charge is 0.264 e. The molecule has 0 fully saturated rings. The molecule has 0 spiro atoms. The van der Waals surface area contributed by atoms with Gasteiger partial charge in [0.05, 0.1) is 10.6 Å². The maximum atomic E-state index is 13.9. The van der Waals surface area contributed by atoms with Crippen LogP contribution in [0.1, 0.15) is 38.7 Å². The van der Waals surface area contributed by atoms with E-state index in [9.17, 15) is 22.4 Å². The average molecular weight is 574 g/mol. The van der Waals surface area contributed by atoms with Gasteiger partial charge in [-0.25, -0.2) is 12.8 Å². The molecule has 3 aromatic carbocycles. The van der Waals surface area contributed by atoms with Crippen molar-refractivity contribution in [3.63, 3.8) is 0 Å². The van der Waals surface area contributed by atoms with Gasteiger partial charge >= 0.3 is 0 Å². The van der Waals surface area contributed by atoms with Crippen LogP contribution in [0.4, 0.5) is 10.1 Å². The fraction of sp³-hybridized carbons (Fsp3) is 0.310. The van der Waals surface area contributed by atoms with Crippen molar-refractivity contribution in [3.05, 3.63) is 95.3 Å². The summed E-state index contributed by atoms with van der Waals surface area (Å²) in [4.78, 5) is 28.4. The highest BCUT2D eigenvalue weighted by Gasteiger charge is 2.33. The van der Waals surface area contributed by atoms with E-state index in [1.54, 1.807) is 37.3 Å². The van der Waals surface area contributed by atoms with E-state index in [1.807, 2.05) is 6.92 Å². The van der Waals surface area contributed by atoms with Crippen LogP contribution in [0.15, 0.2) is 83.8 Å². The van der Waals surface area contributed by atoms with Gasteiger partial charge in [0.25, 0.3) is 10.0 Å². The monoisotopic (exact) mass is 573 g/mol. The molecule has 0 aliphatic heterocycles. The van der Waals surface area contributed by atoms with Gasteiger partial charge in [0.2, 0.25) is 11.8 Å². The number of rotatable bonds is 13. The fourth-order valence-corrected chi connectivity index (χ4v) is 5.61. The standard InChI is InChI=1S/C29H33ClFN3O4S/c1-3-5-19-32-29(36)27(4-2)33(20-22-11-15-24(31)16-12-22)28(35)21-34(25-9-7-6-8-10-25)39(37,38)26-17-13-23(30)14-18-26/h6-18,27H,3-5,19-21H2,1-2H3,(H,32,36). The lowest BCUT2D eigenvalue weighted by Gasteiger charge is -2.33. The number of sulfonamides is 1. The lowest BCUT2D eigenvalue weighted by molar-refractivity contribution is -0.140. The molecule has 0 saturated heterocycles. The zero-order valence-corrected chi connectivity index (χ0v) is 23.6. The first-order valence-corrected chi connectivity index (χ1v) is 14.6. The minimum atomic E-state index is -4.17. The number of nitrogens with one attached hydrogen (secondary N) is 1. The van der Waals surface area contributed by atoms with Gasteiger partial charge in [-0.3, -0.25) is 13.9 Å². The van der Waals surface area contributed by atoms with Gasteiger partial charge in [-0.15, -0.1) is 0 Å². The lowest BCUT2D eigenvalue weighted by atomic mass is 10.1. The summed E-state index contributed by atoms with van der Waals surface area (Å²) in [6.07, 6.45) is 1.99. The van der Waals surface area contributed by atoms with Crippen molar-refractivity contribution < 1.29 is 22.4 Å². The summed E-state index contributed by atoms with van der Waals surface area (Å²) in [5.74, 6) is -1.32. The van der Waals surface area contributed by atoms with Crippen LogP contribution < -0.4 is 9.62 Å². The van der Waals surface area contributed by atoms with E-state index in [2.05, 4.69) is 5.32 Å². The van der Waals surface area contributed by atoms with Gasteiger partial charge in [0.15, 0.2) is 0 Å². The first-order chi connectivity index (χ1) is 18.7. The SMILES string of the molecule is CCCCNC(=O)C(CC)N(Cc1ccc(F)cc1)C(=O)CN(c1ccccc1)S(=O)(=O)c1ccc(Cl)cc1. The second-order valence-corrected chi connectivity index (χ2v) is 11.3. The Bertz CT molecular complexity index is 1340. The van der Waals surface area contributed by atoms with E-state index in [0.717, 1.165) is 17.1 Å². The van der Waals surface area contributed by atoms with Crippen molar-refractivity contribution in [2.24, 2.45) is 0 Å². The second kappa shape index (κ2) is 14.1. The van der Waals surface area contributed by atoms with Crippen LogP contribution in [-0.2, 0) is 26.2 Å². The first kappa shape index (κ1) is 30.1. The van der Waals surface area contributed by atoms with E-state index in [0.29, 0.717) is 29.2 Å². The number of benzene rings is 3. The Morgan fingerprint density at radius 3 is 2.18 bits per heavy atom. The number of amides is 2. The minimum Gasteiger partial charge on any atom is -0.354 e. The molecule has 39 heavy (non-hydrogen) atoms. The van der Waals surface area contributed by atoms with E-state index in [4.69, 9.17) is 11.6 Å². The van der Waals surface area contributed by atoms with Crippen LogP contribution in [0.3, 0.4) is 0 Å². The van der Waals surface area contributed by atoms with Crippen LogP contribution in [0.5, 0.6) is 0 Å².